The van der Waals surface area contributed by atoms with Crippen molar-refractivity contribution in [1.29, 1.82) is 0 Å². The Morgan fingerprint density at radius 1 is 1.20 bits per heavy atom. The molecule has 0 fully saturated rings. The third-order valence-corrected chi connectivity index (χ3v) is 4.30. The Bertz CT molecular complexity index is 716. The van der Waals surface area contributed by atoms with E-state index < -0.39 is 9.84 Å². The number of nitrogens with one attached hydrogen (secondary N) is 1. The first-order valence-electron chi connectivity index (χ1n) is 6.41. The fourth-order valence-corrected chi connectivity index (χ4v) is 2.89. The number of anilines is 1. The normalized spacial score (nSPS) is 13.2. The van der Waals surface area contributed by atoms with Crippen LogP contribution in [0.25, 0.3) is 0 Å². The molecule has 1 aromatic carbocycles. The van der Waals surface area contributed by atoms with Crippen molar-refractivity contribution < 1.29 is 12.8 Å². The van der Waals surface area contributed by atoms with Gasteiger partial charge in [0.2, 0.25) is 0 Å². The van der Waals surface area contributed by atoms with Crippen LogP contribution in [0.1, 0.15) is 30.0 Å². The molecule has 108 valence electrons. The van der Waals surface area contributed by atoms with E-state index in [1.807, 2.05) is 32.9 Å². The van der Waals surface area contributed by atoms with Gasteiger partial charge in [-0.2, -0.15) is 0 Å². The molecule has 20 heavy (non-hydrogen) atoms. The second kappa shape index (κ2) is 5.32. The van der Waals surface area contributed by atoms with Gasteiger partial charge in [-0.1, -0.05) is 6.07 Å². The van der Waals surface area contributed by atoms with Crippen LogP contribution in [-0.4, -0.2) is 14.7 Å². The van der Waals surface area contributed by atoms with Crippen LogP contribution in [0.5, 0.6) is 0 Å². The Labute approximate surface area is 119 Å². The molecule has 2 rings (SSSR count). The van der Waals surface area contributed by atoms with Crippen molar-refractivity contribution in [2.24, 2.45) is 0 Å². The third kappa shape index (κ3) is 3.22. The first-order valence-corrected chi connectivity index (χ1v) is 8.30. The summed E-state index contributed by atoms with van der Waals surface area (Å²) in [5.74, 6) is 1.75. The molecule has 0 aliphatic rings. The Hall–Kier alpha value is -1.75. The molecule has 0 aliphatic heterocycles. The smallest absolute Gasteiger partial charge is 0.175 e. The van der Waals surface area contributed by atoms with E-state index in [1.165, 1.54) is 6.26 Å². The van der Waals surface area contributed by atoms with Gasteiger partial charge >= 0.3 is 0 Å². The van der Waals surface area contributed by atoms with Crippen LogP contribution in [0.4, 0.5) is 5.69 Å². The molecule has 2 aromatic rings. The molecule has 0 spiro atoms. The molecule has 1 aromatic heterocycles. The molecular weight excluding hydrogens is 274 g/mol. The zero-order valence-corrected chi connectivity index (χ0v) is 12.9. The largest absolute Gasteiger partial charge is 0.466 e. The Kier molecular flexibility index (Phi) is 3.90. The first-order chi connectivity index (χ1) is 9.27. The molecule has 0 bridgehead atoms. The molecule has 1 unspecified atom stereocenters. The predicted molar refractivity (Wildman–Crippen MR) is 79.8 cm³/mol. The zero-order chi connectivity index (χ0) is 14.9. The zero-order valence-electron chi connectivity index (χ0n) is 12.1. The van der Waals surface area contributed by atoms with Crippen molar-refractivity contribution in [3.63, 3.8) is 0 Å². The fraction of sp³-hybridized carbons (Fsp3) is 0.333. The molecule has 4 nitrogen and oxygen atoms in total. The lowest BCUT2D eigenvalue weighted by Gasteiger charge is -2.15. The highest BCUT2D eigenvalue weighted by atomic mass is 32.2. The van der Waals surface area contributed by atoms with Crippen LogP contribution < -0.4 is 5.32 Å². The van der Waals surface area contributed by atoms with E-state index in [4.69, 9.17) is 4.42 Å². The summed E-state index contributed by atoms with van der Waals surface area (Å²) in [6, 6.07) is 8.87. The Morgan fingerprint density at radius 2 is 1.90 bits per heavy atom. The molecule has 5 heteroatoms. The molecule has 0 saturated carbocycles. The lowest BCUT2D eigenvalue weighted by molar-refractivity contribution is 0.500. The van der Waals surface area contributed by atoms with Gasteiger partial charge in [-0.3, -0.25) is 0 Å². The van der Waals surface area contributed by atoms with Gasteiger partial charge in [-0.25, -0.2) is 8.42 Å². The SMILES string of the molecule is Cc1cc(C(C)Nc2cccc(S(C)(=O)=O)c2)c(C)o1. The second-order valence-corrected chi connectivity index (χ2v) is 7.05. The van der Waals surface area contributed by atoms with Gasteiger partial charge in [-0.15, -0.1) is 0 Å². The molecule has 0 saturated heterocycles. The third-order valence-electron chi connectivity index (χ3n) is 3.19. The van der Waals surface area contributed by atoms with E-state index in [0.717, 1.165) is 22.8 Å². The second-order valence-electron chi connectivity index (χ2n) is 5.03. The molecule has 1 N–H and O–H groups in total. The van der Waals surface area contributed by atoms with Gasteiger partial charge < -0.3 is 9.73 Å². The highest BCUT2D eigenvalue weighted by Crippen LogP contribution is 2.25. The standard InChI is InChI=1S/C15H19NO3S/c1-10-8-15(12(3)19-10)11(2)16-13-6-5-7-14(9-13)20(4,17)18/h5-9,11,16H,1-4H3. The maximum Gasteiger partial charge on any atom is 0.175 e. The summed E-state index contributed by atoms with van der Waals surface area (Å²) in [6.07, 6.45) is 1.21. The van der Waals surface area contributed by atoms with E-state index in [9.17, 15) is 8.42 Å². The highest BCUT2D eigenvalue weighted by Gasteiger charge is 2.13. The van der Waals surface area contributed by atoms with Gasteiger partial charge in [0, 0.05) is 17.5 Å². The lowest BCUT2D eigenvalue weighted by atomic mass is 10.1. The number of hydrogen-bond donors (Lipinski definition) is 1. The Balaban J connectivity index is 2.24. The first kappa shape index (κ1) is 14.7. The monoisotopic (exact) mass is 293 g/mol. The van der Waals surface area contributed by atoms with Crippen LogP contribution >= 0.6 is 0 Å². The van der Waals surface area contributed by atoms with Crippen molar-refractivity contribution in [1.82, 2.24) is 0 Å². The van der Waals surface area contributed by atoms with Gasteiger partial charge in [0.05, 0.1) is 10.9 Å². The Morgan fingerprint density at radius 3 is 2.45 bits per heavy atom. The van der Waals surface area contributed by atoms with E-state index >= 15 is 0 Å². The fourth-order valence-electron chi connectivity index (χ4n) is 2.22. The molecule has 0 radical (unpaired) electrons. The number of hydrogen-bond acceptors (Lipinski definition) is 4. The molecule has 1 atom stereocenters. The summed E-state index contributed by atoms with van der Waals surface area (Å²) in [7, 11) is -3.19. The van der Waals surface area contributed by atoms with E-state index in [0.29, 0.717) is 4.90 Å². The topological polar surface area (TPSA) is 59.3 Å². The van der Waals surface area contributed by atoms with Crippen molar-refractivity contribution in [3.8, 4) is 0 Å². The average molecular weight is 293 g/mol. The van der Waals surface area contributed by atoms with Crippen molar-refractivity contribution in [2.45, 2.75) is 31.7 Å². The van der Waals surface area contributed by atoms with Crippen LogP contribution in [0, 0.1) is 13.8 Å². The van der Waals surface area contributed by atoms with Gasteiger partial charge in [0.15, 0.2) is 9.84 Å². The summed E-state index contributed by atoms with van der Waals surface area (Å²) in [4.78, 5) is 0.315. The molecule has 0 aliphatic carbocycles. The lowest BCUT2D eigenvalue weighted by Crippen LogP contribution is -2.07. The van der Waals surface area contributed by atoms with Crippen molar-refractivity contribution in [2.75, 3.05) is 11.6 Å². The van der Waals surface area contributed by atoms with Gasteiger partial charge in [-0.05, 0) is 45.0 Å². The molecule has 0 amide bonds. The summed E-state index contributed by atoms with van der Waals surface area (Å²) < 4.78 is 28.6. The maximum atomic E-state index is 11.6. The van der Waals surface area contributed by atoms with E-state index in [2.05, 4.69) is 5.32 Å². The van der Waals surface area contributed by atoms with Crippen LogP contribution in [0.15, 0.2) is 39.6 Å². The summed E-state index contributed by atoms with van der Waals surface area (Å²) in [5, 5.41) is 3.30. The minimum atomic E-state index is -3.19. The number of rotatable bonds is 4. The quantitative estimate of drug-likeness (QED) is 0.937. The summed E-state index contributed by atoms with van der Waals surface area (Å²) in [6.45, 7) is 5.85. The number of aryl methyl sites for hydroxylation is 2. The molecular formula is C15H19NO3S. The van der Waals surface area contributed by atoms with Crippen LogP contribution in [0.3, 0.4) is 0 Å². The predicted octanol–water partition coefficient (Wildman–Crippen LogP) is 3.47. The maximum absolute atomic E-state index is 11.6. The average Bonchev–Trinajstić information content (AvgIpc) is 2.68. The van der Waals surface area contributed by atoms with Gasteiger partial charge in [0.1, 0.15) is 11.5 Å². The van der Waals surface area contributed by atoms with Crippen molar-refractivity contribution >= 4 is 15.5 Å². The highest BCUT2D eigenvalue weighted by molar-refractivity contribution is 7.90. The minimum absolute atomic E-state index is 0.0438. The number of benzene rings is 1. The van der Waals surface area contributed by atoms with Gasteiger partial charge in [0.25, 0.3) is 0 Å². The van der Waals surface area contributed by atoms with Crippen LogP contribution in [-0.2, 0) is 9.84 Å². The van der Waals surface area contributed by atoms with Crippen LogP contribution in [0.2, 0.25) is 0 Å². The van der Waals surface area contributed by atoms with E-state index in [1.54, 1.807) is 18.2 Å². The minimum Gasteiger partial charge on any atom is -0.466 e. The number of sulfone groups is 1. The van der Waals surface area contributed by atoms with E-state index in [-0.39, 0.29) is 6.04 Å². The number of furan rings is 1. The van der Waals surface area contributed by atoms with Crippen molar-refractivity contribution in [3.05, 3.63) is 47.4 Å². The summed E-state index contributed by atoms with van der Waals surface area (Å²) in [5.41, 5.74) is 1.85. The summed E-state index contributed by atoms with van der Waals surface area (Å²) >= 11 is 0. The molecule has 1 heterocycles.